The van der Waals surface area contributed by atoms with E-state index in [9.17, 15) is 18.0 Å². The number of ether oxygens (including phenoxy) is 1. The molecule has 1 aromatic heterocycles. The molecule has 0 aliphatic heterocycles. The van der Waals surface area contributed by atoms with Crippen molar-refractivity contribution in [3.8, 4) is 17.1 Å². The van der Waals surface area contributed by atoms with Crippen molar-refractivity contribution in [2.75, 3.05) is 0 Å². The summed E-state index contributed by atoms with van der Waals surface area (Å²) < 4.78 is 50.4. The Morgan fingerprint density at radius 1 is 1.06 bits per heavy atom. The Morgan fingerprint density at radius 2 is 1.75 bits per heavy atom. The maximum atomic E-state index is 12.8. The SMILES string of the molecule is Cc1cc(OCc2cc(-c3ccc(C(F)(F)F)cc3)oc2C(C)C)ccc1CCC(=O)O. The fraction of sp³-hybridized carbons (Fsp3) is 0.320. The molecule has 0 saturated carbocycles. The van der Waals surface area contributed by atoms with E-state index in [1.54, 1.807) is 12.1 Å². The van der Waals surface area contributed by atoms with E-state index in [4.69, 9.17) is 14.3 Å². The van der Waals surface area contributed by atoms with Gasteiger partial charge in [-0.2, -0.15) is 13.2 Å². The first-order valence-corrected chi connectivity index (χ1v) is 10.3. The average molecular weight is 446 g/mol. The highest BCUT2D eigenvalue weighted by Crippen LogP contribution is 2.34. The number of carbonyl (C=O) groups is 1. The first kappa shape index (κ1) is 23.4. The van der Waals surface area contributed by atoms with Gasteiger partial charge in [-0.15, -0.1) is 0 Å². The monoisotopic (exact) mass is 446 g/mol. The van der Waals surface area contributed by atoms with Gasteiger partial charge in [0.25, 0.3) is 0 Å². The fourth-order valence-corrected chi connectivity index (χ4v) is 3.45. The van der Waals surface area contributed by atoms with Crippen LogP contribution in [0, 0.1) is 6.92 Å². The molecule has 0 unspecified atom stereocenters. The highest BCUT2D eigenvalue weighted by Gasteiger charge is 2.30. The Bertz CT molecular complexity index is 1080. The van der Waals surface area contributed by atoms with Crippen molar-refractivity contribution in [1.82, 2.24) is 0 Å². The lowest BCUT2D eigenvalue weighted by Gasteiger charge is -2.11. The molecule has 0 amide bonds. The number of hydrogen-bond donors (Lipinski definition) is 1. The number of alkyl halides is 3. The molecule has 0 atom stereocenters. The summed E-state index contributed by atoms with van der Waals surface area (Å²) in [7, 11) is 0. The van der Waals surface area contributed by atoms with Gasteiger partial charge in [0.2, 0.25) is 0 Å². The van der Waals surface area contributed by atoms with Crippen molar-refractivity contribution in [3.63, 3.8) is 0 Å². The van der Waals surface area contributed by atoms with Crippen LogP contribution in [-0.2, 0) is 24.0 Å². The van der Waals surface area contributed by atoms with E-state index in [1.165, 1.54) is 12.1 Å². The number of halogens is 3. The van der Waals surface area contributed by atoms with Gasteiger partial charge in [0, 0.05) is 23.5 Å². The summed E-state index contributed by atoms with van der Waals surface area (Å²) in [5.74, 6) is 1.08. The molecule has 1 heterocycles. The van der Waals surface area contributed by atoms with Crippen molar-refractivity contribution in [2.45, 2.75) is 52.3 Å². The molecular formula is C25H25F3O4. The van der Waals surface area contributed by atoms with Crippen LogP contribution < -0.4 is 4.74 Å². The molecule has 7 heteroatoms. The van der Waals surface area contributed by atoms with E-state index < -0.39 is 17.7 Å². The second kappa shape index (κ2) is 9.51. The Morgan fingerprint density at radius 3 is 2.31 bits per heavy atom. The number of aryl methyl sites for hydroxylation is 2. The number of hydrogen-bond acceptors (Lipinski definition) is 3. The normalized spacial score (nSPS) is 11.7. The van der Waals surface area contributed by atoms with Gasteiger partial charge in [-0.05, 0) is 54.8 Å². The molecule has 4 nitrogen and oxygen atoms in total. The van der Waals surface area contributed by atoms with Gasteiger partial charge < -0.3 is 14.3 Å². The van der Waals surface area contributed by atoms with Crippen LogP contribution in [0.2, 0.25) is 0 Å². The minimum atomic E-state index is -4.38. The van der Waals surface area contributed by atoms with Gasteiger partial charge in [0.1, 0.15) is 23.9 Å². The summed E-state index contributed by atoms with van der Waals surface area (Å²) in [5, 5.41) is 8.85. The predicted octanol–water partition coefficient (Wildman–Crippen LogP) is 6.99. The highest BCUT2D eigenvalue weighted by atomic mass is 19.4. The van der Waals surface area contributed by atoms with Crippen LogP contribution in [0.4, 0.5) is 13.2 Å². The predicted molar refractivity (Wildman–Crippen MR) is 115 cm³/mol. The van der Waals surface area contributed by atoms with Crippen LogP contribution in [0.25, 0.3) is 11.3 Å². The number of benzene rings is 2. The van der Waals surface area contributed by atoms with Gasteiger partial charge >= 0.3 is 12.1 Å². The van der Waals surface area contributed by atoms with Gasteiger partial charge in [-0.25, -0.2) is 0 Å². The summed E-state index contributed by atoms with van der Waals surface area (Å²) in [6.45, 7) is 6.09. The third-order valence-corrected chi connectivity index (χ3v) is 5.18. The fourth-order valence-electron chi connectivity index (χ4n) is 3.45. The van der Waals surface area contributed by atoms with Gasteiger partial charge in [-0.3, -0.25) is 4.79 Å². The van der Waals surface area contributed by atoms with E-state index >= 15 is 0 Å². The molecule has 0 aliphatic rings. The Hall–Kier alpha value is -3.22. The Balaban J connectivity index is 1.76. The molecule has 0 saturated heterocycles. The van der Waals surface area contributed by atoms with E-state index in [1.807, 2.05) is 32.9 Å². The van der Waals surface area contributed by atoms with E-state index in [2.05, 4.69) is 0 Å². The zero-order chi connectivity index (χ0) is 23.5. The summed E-state index contributed by atoms with van der Waals surface area (Å²) in [4.78, 5) is 10.8. The van der Waals surface area contributed by atoms with Crippen molar-refractivity contribution in [2.24, 2.45) is 0 Å². The van der Waals surface area contributed by atoms with Crippen LogP contribution in [0.5, 0.6) is 5.75 Å². The van der Waals surface area contributed by atoms with Crippen LogP contribution in [0.3, 0.4) is 0 Å². The molecule has 32 heavy (non-hydrogen) atoms. The van der Waals surface area contributed by atoms with Gasteiger partial charge in [-0.1, -0.05) is 32.0 Å². The third kappa shape index (κ3) is 5.72. The first-order valence-electron chi connectivity index (χ1n) is 10.3. The zero-order valence-electron chi connectivity index (χ0n) is 18.1. The maximum Gasteiger partial charge on any atom is 0.416 e. The molecule has 0 spiro atoms. The van der Waals surface area contributed by atoms with Crippen molar-refractivity contribution < 1.29 is 32.2 Å². The number of rotatable bonds is 8. The second-order valence-electron chi connectivity index (χ2n) is 8.00. The third-order valence-electron chi connectivity index (χ3n) is 5.18. The van der Waals surface area contributed by atoms with Gasteiger partial charge in [0.15, 0.2) is 0 Å². The molecule has 3 aromatic rings. The average Bonchev–Trinajstić information content (AvgIpc) is 3.15. The number of carboxylic acids is 1. The van der Waals surface area contributed by atoms with Crippen LogP contribution >= 0.6 is 0 Å². The maximum absolute atomic E-state index is 12.8. The van der Waals surface area contributed by atoms with E-state index in [-0.39, 0.29) is 18.9 Å². The van der Waals surface area contributed by atoms with Crippen molar-refractivity contribution in [1.29, 1.82) is 0 Å². The quantitative estimate of drug-likeness (QED) is 0.405. The molecule has 0 fully saturated rings. The molecular weight excluding hydrogens is 421 g/mol. The molecule has 0 bridgehead atoms. The van der Waals surface area contributed by atoms with Crippen molar-refractivity contribution in [3.05, 3.63) is 76.5 Å². The lowest BCUT2D eigenvalue weighted by molar-refractivity contribution is -0.138. The smallest absolute Gasteiger partial charge is 0.416 e. The summed E-state index contributed by atoms with van der Waals surface area (Å²) in [6, 6.07) is 12.2. The first-order chi connectivity index (χ1) is 15.0. The lowest BCUT2D eigenvalue weighted by Crippen LogP contribution is -2.03. The largest absolute Gasteiger partial charge is 0.489 e. The number of carboxylic acid groups (broad SMARTS) is 1. The summed E-state index contributed by atoms with van der Waals surface area (Å²) in [6.07, 6.45) is -3.86. The van der Waals surface area contributed by atoms with Crippen LogP contribution in [0.15, 0.2) is 52.9 Å². The molecule has 0 aliphatic carbocycles. The minimum Gasteiger partial charge on any atom is -0.489 e. The number of furan rings is 1. The van der Waals surface area contributed by atoms with E-state index in [0.717, 1.165) is 34.6 Å². The van der Waals surface area contributed by atoms with Crippen LogP contribution in [0.1, 0.15) is 54.2 Å². The number of aliphatic carboxylic acids is 1. The van der Waals surface area contributed by atoms with Gasteiger partial charge in [0.05, 0.1) is 5.56 Å². The lowest BCUT2D eigenvalue weighted by atomic mass is 10.0. The molecule has 2 aromatic carbocycles. The molecule has 170 valence electrons. The molecule has 1 N–H and O–H groups in total. The standard InChI is InChI=1S/C25H25F3O4/c1-15(2)24-19(13-22(32-24)18-4-8-20(9-5-18)25(26,27)28)14-31-21-10-6-17(16(3)12-21)7-11-23(29)30/h4-6,8-10,12-13,15H,7,11,14H2,1-3H3,(H,29,30). The summed E-state index contributed by atoms with van der Waals surface area (Å²) >= 11 is 0. The summed E-state index contributed by atoms with van der Waals surface area (Å²) in [5.41, 5.74) is 2.58. The Labute approximate surface area is 184 Å². The molecule has 0 radical (unpaired) electrons. The zero-order valence-corrected chi connectivity index (χ0v) is 18.1. The topological polar surface area (TPSA) is 59.7 Å². The Kier molecular flexibility index (Phi) is 6.96. The van der Waals surface area contributed by atoms with Crippen LogP contribution in [-0.4, -0.2) is 11.1 Å². The minimum absolute atomic E-state index is 0.0666. The van der Waals surface area contributed by atoms with Crippen molar-refractivity contribution >= 4 is 5.97 Å². The highest BCUT2D eigenvalue weighted by molar-refractivity contribution is 5.67. The van der Waals surface area contributed by atoms with E-state index in [0.29, 0.717) is 23.5 Å². The second-order valence-corrected chi connectivity index (χ2v) is 8.00. The molecule has 3 rings (SSSR count).